The molecule has 0 aliphatic rings. The Hall–Kier alpha value is -3.16. The van der Waals surface area contributed by atoms with Crippen LogP contribution in [0.25, 0.3) is 23.0 Å². The summed E-state index contributed by atoms with van der Waals surface area (Å²) in [6.07, 6.45) is 0.909. The molecule has 118 valence electrons. The van der Waals surface area contributed by atoms with Gasteiger partial charge in [-0.15, -0.1) is 0 Å². The second-order valence-electron chi connectivity index (χ2n) is 4.69. The van der Waals surface area contributed by atoms with Crippen LogP contribution in [0, 0.1) is 10.1 Å². The van der Waals surface area contributed by atoms with Gasteiger partial charge in [-0.3, -0.25) is 10.1 Å². The summed E-state index contributed by atoms with van der Waals surface area (Å²) in [6.45, 7) is 2.64. The molecule has 0 aliphatic carbocycles. The highest BCUT2D eigenvalue weighted by Crippen LogP contribution is 2.27. The van der Waals surface area contributed by atoms with Crippen LogP contribution in [0.5, 0.6) is 5.75 Å². The monoisotopic (exact) mass is 315 g/mol. The van der Waals surface area contributed by atoms with Crippen LogP contribution in [-0.2, 0) is 0 Å². The van der Waals surface area contributed by atoms with Gasteiger partial charge in [0.1, 0.15) is 10.7 Å². The van der Waals surface area contributed by atoms with E-state index in [0.29, 0.717) is 17.9 Å². The number of nitrogens with zero attached hydrogens (tertiary/aromatic N) is 3. The Labute approximate surface area is 130 Å². The predicted molar refractivity (Wildman–Crippen MR) is 79.9 cm³/mol. The molecule has 1 aromatic carbocycles. The fourth-order valence-corrected chi connectivity index (χ4v) is 1.93. The molecule has 8 heteroatoms. The fourth-order valence-electron chi connectivity index (χ4n) is 1.93. The van der Waals surface area contributed by atoms with Gasteiger partial charge in [-0.25, -0.2) is 0 Å². The lowest BCUT2D eigenvalue weighted by molar-refractivity contribution is -0.401. The number of furan rings is 1. The minimum Gasteiger partial charge on any atom is -0.494 e. The minimum atomic E-state index is -0.626. The van der Waals surface area contributed by atoms with E-state index in [9.17, 15) is 10.1 Å². The topological polar surface area (TPSA) is 104 Å². The molecule has 2 heterocycles. The van der Waals surface area contributed by atoms with Gasteiger partial charge < -0.3 is 13.7 Å². The molecule has 0 spiro atoms. The second kappa shape index (κ2) is 6.30. The molecule has 3 aromatic rings. The Morgan fingerprint density at radius 2 is 2.17 bits per heavy atom. The van der Waals surface area contributed by atoms with E-state index in [1.54, 1.807) is 12.1 Å². The fraction of sp³-hybridized carbons (Fsp3) is 0.200. The highest BCUT2D eigenvalue weighted by atomic mass is 16.6. The molecule has 0 amide bonds. The van der Waals surface area contributed by atoms with Gasteiger partial charge in [0.25, 0.3) is 5.89 Å². The average Bonchev–Trinajstić information content (AvgIpc) is 3.22. The van der Waals surface area contributed by atoms with Crippen molar-refractivity contribution in [1.82, 2.24) is 10.1 Å². The van der Waals surface area contributed by atoms with Crippen molar-refractivity contribution in [2.45, 2.75) is 13.3 Å². The predicted octanol–water partition coefficient (Wildman–Crippen LogP) is 3.69. The van der Waals surface area contributed by atoms with Gasteiger partial charge in [0, 0.05) is 5.56 Å². The first-order valence-corrected chi connectivity index (χ1v) is 6.99. The third-order valence-electron chi connectivity index (χ3n) is 2.97. The molecule has 8 nitrogen and oxygen atoms in total. The summed E-state index contributed by atoms with van der Waals surface area (Å²) in [7, 11) is 0. The Balaban J connectivity index is 1.85. The number of ether oxygens (including phenoxy) is 1. The maximum atomic E-state index is 10.6. The molecule has 0 saturated heterocycles. The molecular formula is C15H13N3O5. The number of benzene rings is 1. The molecule has 23 heavy (non-hydrogen) atoms. The largest absolute Gasteiger partial charge is 0.494 e. The van der Waals surface area contributed by atoms with Crippen molar-refractivity contribution < 1.29 is 18.6 Å². The van der Waals surface area contributed by atoms with E-state index in [2.05, 4.69) is 10.1 Å². The number of aromatic nitrogens is 2. The molecule has 0 unspecified atom stereocenters. The average molecular weight is 315 g/mol. The first-order chi connectivity index (χ1) is 11.2. The van der Waals surface area contributed by atoms with Crippen LogP contribution in [0.3, 0.4) is 0 Å². The Morgan fingerprint density at radius 3 is 2.91 bits per heavy atom. The van der Waals surface area contributed by atoms with E-state index in [1.807, 2.05) is 19.1 Å². The minimum absolute atomic E-state index is 0.146. The van der Waals surface area contributed by atoms with Gasteiger partial charge in [0.05, 0.1) is 12.7 Å². The molecule has 0 radical (unpaired) electrons. The summed E-state index contributed by atoms with van der Waals surface area (Å²) in [5.74, 6) is 0.929. The van der Waals surface area contributed by atoms with Crippen molar-refractivity contribution in [3.63, 3.8) is 0 Å². The van der Waals surface area contributed by atoms with Gasteiger partial charge >= 0.3 is 5.88 Å². The zero-order valence-corrected chi connectivity index (χ0v) is 12.3. The number of hydrogen-bond acceptors (Lipinski definition) is 7. The van der Waals surface area contributed by atoms with Crippen LogP contribution in [0.1, 0.15) is 13.3 Å². The lowest BCUT2D eigenvalue weighted by Crippen LogP contribution is -1.94. The summed E-state index contributed by atoms with van der Waals surface area (Å²) in [5, 5.41) is 14.4. The van der Waals surface area contributed by atoms with Crippen LogP contribution in [0.2, 0.25) is 0 Å². The second-order valence-corrected chi connectivity index (χ2v) is 4.69. The molecule has 0 fully saturated rings. The molecule has 2 aromatic heterocycles. The van der Waals surface area contributed by atoms with E-state index in [1.165, 1.54) is 12.1 Å². The summed E-state index contributed by atoms with van der Waals surface area (Å²) >= 11 is 0. The van der Waals surface area contributed by atoms with Crippen LogP contribution in [-0.4, -0.2) is 21.7 Å². The molecule has 3 rings (SSSR count). The first kappa shape index (κ1) is 14.8. The summed E-state index contributed by atoms with van der Waals surface area (Å²) in [4.78, 5) is 14.2. The van der Waals surface area contributed by atoms with Gasteiger partial charge in [-0.1, -0.05) is 18.1 Å². The summed E-state index contributed by atoms with van der Waals surface area (Å²) in [6, 6.07) is 9.92. The van der Waals surface area contributed by atoms with Gasteiger partial charge in [0.15, 0.2) is 5.76 Å². The normalized spacial score (nSPS) is 10.7. The van der Waals surface area contributed by atoms with Crippen LogP contribution >= 0.6 is 0 Å². The molecule has 0 bridgehead atoms. The molecular weight excluding hydrogens is 302 g/mol. The third kappa shape index (κ3) is 3.20. The summed E-state index contributed by atoms with van der Waals surface area (Å²) < 4.78 is 15.8. The summed E-state index contributed by atoms with van der Waals surface area (Å²) in [5.41, 5.74) is 0.693. The van der Waals surface area contributed by atoms with Gasteiger partial charge in [0.2, 0.25) is 5.82 Å². The van der Waals surface area contributed by atoms with Gasteiger partial charge in [-0.05, 0) is 30.7 Å². The van der Waals surface area contributed by atoms with Crippen molar-refractivity contribution in [2.24, 2.45) is 0 Å². The Morgan fingerprint density at radius 1 is 1.30 bits per heavy atom. The SMILES string of the molecule is CCCOc1cccc(-c2nc(-c3ccc([N+](=O)[O-])o3)no2)c1. The quantitative estimate of drug-likeness (QED) is 0.504. The molecule has 0 saturated carbocycles. The maximum absolute atomic E-state index is 10.6. The van der Waals surface area contributed by atoms with E-state index >= 15 is 0 Å². The smallest absolute Gasteiger partial charge is 0.433 e. The van der Waals surface area contributed by atoms with Crippen molar-refractivity contribution in [1.29, 1.82) is 0 Å². The van der Waals surface area contributed by atoms with Crippen LogP contribution in [0.15, 0.2) is 45.3 Å². The Bertz CT molecular complexity index is 824. The highest BCUT2D eigenvalue weighted by Gasteiger charge is 2.18. The molecule has 0 N–H and O–H groups in total. The lowest BCUT2D eigenvalue weighted by Gasteiger charge is -2.04. The molecule has 0 aliphatic heterocycles. The number of rotatable bonds is 6. The Kier molecular flexibility index (Phi) is 4.05. The highest BCUT2D eigenvalue weighted by molar-refractivity contribution is 5.59. The zero-order chi connectivity index (χ0) is 16.2. The van der Waals surface area contributed by atoms with E-state index in [-0.39, 0.29) is 23.4 Å². The number of hydrogen-bond donors (Lipinski definition) is 0. The standard InChI is InChI=1S/C15H13N3O5/c1-2-8-21-11-5-3-4-10(9-11)15-16-14(17-23-15)12-6-7-13(22-12)18(19)20/h3-7,9H,2,8H2,1H3. The van der Waals surface area contributed by atoms with E-state index in [4.69, 9.17) is 13.7 Å². The lowest BCUT2D eigenvalue weighted by atomic mass is 10.2. The van der Waals surface area contributed by atoms with Crippen molar-refractivity contribution in [3.8, 4) is 28.8 Å². The van der Waals surface area contributed by atoms with E-state index in [0.717, 1.165) is 6.42 Å². The number of nitro groups is 1. The third-order valence-corrected chi connectivity index (χ3v) is 2.97. The van der Waals surface area contributed by atoms with Crippen molar-refractivity contribution in [2.75, 3.05) is 6.61 Å². The van der Waals surface area contributed by atoms with Crippen molar-refractivity contribution in [3.05, 3.63) is 46.5 Å². The first-order valence-electron chi connectivity index (χ1n) is 6.99. The van der Waals surface area contributed by atoms with Crippen LogP contribution < -0.4 is 4.74 Å². The van der Waals surface area contributed by atoms with Crippen LogP contribution in [0.4, 0.5) is 5.88 Å². The van der Waals surface area contributed by atoms with E-state index < -0.39 is 4.92 Å². The van der Waals surface area contributed by atoms with Gasteiger partial charge in [-0.2, -0.15) is 4.98 Å². The maximum Gasteiger partial charge on any atom is 0.433 e. The zero-order valence-electron chi connectivity index (χ0n) is 12.3. The van der Waals surface area contributed by atoms with Crippen molar-refractivity contribution >= 4 is 5.88 Å². The molecule has 0 atom stereocenters.